The van der Waals surface area contributed by atoms with Crippen molar-refractivity contribution in [1.29, 1.82) is 0 Å². The topological polar surface area (TPSA) is 38.0 Å². The van der Waals surface area contributed by atoms with Crippen LogP contribution in [0.2, 0.25) is 0 Å². The van der Waals surface area contributed by atoms with Crippen LogP contribution in [-0.2, 0) is 0 Å². The largest absolute Gasteiger partial charge is 0.392 e. The molecule has 0 heterocycles. The lowest BCUT2D eigenvalue weighted by molar-refractivity contribution is 0.146. The molecule has 2 saturated carbocycles. The fourth-order valence-electron chi connectivity index (χ4n) is 7.87. The number of nitrogens with one attached hydrogen (secondary N) is 1. The van der Waals surface area contributed by atoms with Crippen molar-refractivity contribution in [2.45, 2.75) is 122 Å². The van der Waals surface area contributed by atoms with Gasteiger partial charge in [0.1, 0.15) is 0 Å². The molecule has 2 spiro atoms. The molecular weight excluding hydrogens is 400 g/mol. The van der Waals surface area contributed by atoms with E-state index in [1.165, 1.54) is 81.9 Å². The summed E-state index contributed by atoms with van der Waals surface area (Å²) in [6, 6.07) is 10.2. The molecule has 2 heteroatoms. The smallest absolute Gasteiger partial charge is 0.00722 e. The van der Waals surface area contributed by atoms with Gasteiger partial charge < -0.3 is 11.1 Å². The van der Waals surface area contributed by atoms with Gasteiger partial charge in [0.25, 0.3) is 0 Å². The van der Waals surface area contributed by atoms with E-state index in [0.29, 0.717) is 22.8 Å². The maximum atomic E-state index is 6.30. The highest BCUT2D eigenvalue weighted by Gasteiger charge is 2.52. The van der Waals surface area contributed by atoms with Crippen molar-refractivity contribution in [3.8, 4) is 0 Å². The summed E-state index contributed by atoms with van der Waals surface area (Å²) < 4.78 is 0. The molecule has 184 valence electrons. The summed E-state index contributed by atoms with van der Waals surface area (Å²) in [5, 5.41) is 3.47. The summed E-state index contributed by atoms with van der Waals surface area (Å²) in [6.07, 6.45) is 19.8. The van der Waals surface area contributed by atoms with E-state index in [9.17, 15) is 0 Å². The lowest BCUT2D eigenvalue weighted by Crippen LogP contribution is -2.28. The minimum atomic E-state index is 0.373. The molecule has 1 aromatic carbocycles. The highest BCUT2D eigenvalue weighted by Crippen LogP contribution is 2.63. The Hall–Kier alpha value is -1.28. The predicted molar refractivity (Wildman–Crippen MR) is 142 cm³/mol. The molecule has 0 aromatic heterocycles. The monoisotopic (exact) mass is 450 g/mol. The molecule has 0 aliphatic heterocycles. The average molecular weight is 451 g/mol. The fraction of sp³-hybridized carbons (Fsp3) is 0.742. The molecule has 2 nitrogen and oxygen atoms in total. The van der Waals surface area contributed by atoms with Crippen LogP contribution in [-0.4, -0.2) is 13.1 Å². The quantitative estimate of drug-likeness (QED) is 0.399. The van der Waals surface area contributed by atoms with Crippen LogP contribution in [0, 0.1) is 16.7 Å². The second kappa shape index (κ2) is 10.5. The number of nitrogens with two attached hydrogens (primary N) is 1. The van der Waals surface area contributed by atoms with E-state index in [0.717, 1.165) is 24.7 Å². The number of hydrogen-bond acceptors (Lipinski definition) is 2. The van der Waals surface area contributed by atoms with Gasteiger partial charge in [-0.15, -0.1) is 0 Å². The third kappa shape index (κ3) is 5.37. The van der Waals surface area contributed by atoms with Gasteiger partial charge in [-0.25, -0.2) is 0 Å². The lowest BCUT2D eigenvalue weighted by Gasteiger charge is -2.40. The first-order valence-corrected chi connectivity index (χ1v) is 14.2. The van der Waals surface area contributed by atoms with Crippen LogP contribution in [0.5, 0.6) is 0 Å². The van der Waals surface area contributed by atoms with E-state index in [1.54, 1.807) is 5.56 Å². The van der Waals surface area contributed by atoms with Crippen LogP contribution in [0.1, 0.15) is 127 Å². The molecule has 0 radical (unpaired) electrons. The Labute approximate surface area is 204 Å². The molecule has 2 fully saturated rings. The number of allylic oxidation sites excluding steroid dienone is 2. The van der Waals surface area contributed by atoms with Gasteiger partial charge in [0, 0.05) is 18.8 Å². The Kier molecular flexibility index (Phi) is 7.94. The van der Waals surface area contributed by atoms with Gasteiger partial charge in [-0.1, -0.05) is 64.0 Å². The van der Waals surface area contributed by atoms with Crippen molar-refractivity contribution in [2.24, 2.45) is 22.5 Å². The molecule has 3 N–H and O–H groups in total. The average Bonchev–Trinajstić information content (AvgIpc) is 3.33. The SMILES string of the molecule is CCCC(N)CCC(CC)c1ccc(C2CCCC3(CCC4(C=C(NC)CC4C)C3)C2)cc1. The highest BCUT2D eigenvalue weighted by molar-refractivity contribution is 5.29. The van der Waals surface area contributed by atoms with Gasteiger partial charge >= 0.3 is 0 Å². The number of benzene rings is 1. The van der Waals surface area contributed by atoms with Crippen molar-refractivity contribution >= 4 is 0 Å². The Balaban J connectivity index is 1.40. The highest BCUT2D eigenvalue weighted by atomic mass is 14.8. The minimum absolute atomic E-state index is 0.373. The normalized spacial score (nSPS) is 33.4. The van der Waals surface area contributed by atoms with E-state index in [-0.39, 0.29) is 0 Å². The molecule has 6 atom stereocenters. The van der Waals surface area contributed by atoms with Crippen LogP contribution >= 0.6 is 0 Å². The molecule has 0 bridgehead atoms. The number of hydrogen-bond donors (Lipinski definition) is 2. The zero-order valence-electron chi connectivity index (χ0n) is 22.0. The molecular formula is C31H50N2. The van der Waals surface area contributed by atoms with Gasteiger partial charge in [0.15, 0.2) is 0 Å². The van der Waals surface area contributed by atoms with E-state index in [2.05, 4.69) is 63.5 Å². The van der Waals surface area contributed by atoms with Gasteiger partial charge in [-0.2, -0.15) is 0 Å². The van der Waals surface area contributed by atoms with E-state index in [4.69, 9.17) is 5.73 Å². The standard InChI is InChI=1S/C31H50N2/c1-5-8-28(32)15-14-24(6-2)25-10-12-26(13-11-25)27-9-7-16-30(20-27)17-18-31(22-30)21-29(33-4)19-23(31)3/h10-13,21,23-24,27-28,33H,5-9,14-20,22,32H2,1-4H3. The summed E-state index contributed by atoms with van der Waals surface area (Å²) in [5.74, 6) is 2.22. The first-order chi connectivity index (χ1) is 15.9. The molecule has 3 aliphatic rings. The van der Waals surface area contributed by atoms with Gasteiger partial charge in [0.2, 0.25) is 0 Å². The Bertz CT molecular complexity index is 796. The third-order valence-corrected chi connectivity index (χ3v) is 9.97. The van der Waals surface area contributed by atoms with Crippen LogP contribution < -0.4 is 11.1 Å². The zero-order valence-corrected chi connectivity index (χ0v) is 22.0. The third-order valence-electron chi connectivity index (χ3n) is 9.97. The first-order valence-electron chi connectivity index (χ1n) is 14.2. The molecule has 1 aromatic rings. The zero-order chi connectivity index (χ0) is 23.5. The second-order valence-electron chi connectivity index (χ2n) is 12.1. The number of rotatable bonds is 9. The van der Waals surface area contributed by atoms with Crippen molar-refractivity contribution < 1.29 is 0 Å². The van der Waals surface area contributed by atoms with Gasteiger partial charge in [-0.3, -0.25) is 0 Å². The maximum Gasteiger partial charge on any atom is 0.00722 e. The maximum absolute atomic E-state index is 6.30. The van der Waals surface area contributed by atoms with Crippen molar-refractivity contribution in [1.82, 2.24) is 5.32 Å². The lowest BCUT2D eigenvalue weighted by atomic mass is 9.64. The molecule has 3 aliphatic carbocycles. The molecule has 6 unspecified atom stereocenters. The van der Waals surface area contributed by atoms with Crippen LogP contribution in [0.15, 0.2) is 36.0 Å². The van der Waals surface area contributed by atoms with Crippen LogP contribution in [0.4, 0.5) is 0 Å². The minimum Gasteiger partial charge on any atom is -0.392 e. The summed E-state index contributed by atoms with van der Waals surface area (Å²) in [5.41, 5.74) is 12.0. The summed E-state index contributed by atoms with van der Waals surface area (Å²) in [7, 11) is 2.10. The Morgan fingerprint density at radius 3 is 2.52 bits per heavy atom. The van der Waals surface area contributed by atoms with Crippen molar-refractivity contribution in [3.63, 3.8) is 0 Å². The molecule has 0 amide bonds. The Morgan fingerprint density at radius 1 is 1.06 bits per heavy atom. The van der Waals surface area contributed by atoms with Crippen molar-refractivity contribution in [2.75, 3.05) is 7.05 Å². The molecule has 33 heavy (non-hydrogen) atoms. The fourth-order valence-corrected chi connectivity index (χ4v) is 7.87. The van der Waals surface area contributed by atoms with Gasteiger partial charge in [0.05, 0.1) is 0 Å². The van der Waals surface area contributed by atoms with Gasteiger partial charge in [-0.05, 0) is 110 Å². The summed E-state index contributed by atoms with van der Waals surface area (Å²) in [6.45, 7) is 7.07. The second-order valence-corrected chi connectivity index (χ2v) is 12.1. The Morgan fingerprint density at radius 2 is 1.85 bits per heavy atom. The molecule has 4 rings (SSSR count). The van der Waals surface area contributed by atoms with E-state index >= 15 is 0 Å². The molecule has 0 saturated heterocycles. The first kappa shape index (κ1) is 24.8. The van der Waals surface area contributed by atoms with Crippen molar-refractivity contribution in [3.05, 3.63) is 47.2 Å². The predicted octanol–water partition coefficient (Wildman–Crippen LogP) is 8.05. The van der Waals surface area contributed by atoms with E-state index in [1.807, 2.05) is 0 Å². The summed E-state index contributed by atoms with van der Waals surface area (Å²) >= 11 is 0. The van der Waals surface area contributed by atoms with Crippen LogP contribution in [0.25, 0.3) is 0 Å². The summed E-state index contributed by atoms with van der Waals surface area (Å²) in [4.78, 5) is 0. The van der Waals surface area contributed by atoms with E-state index < -0.39 is 0 Å². The van der Waals surface area contributed by atoms with Crippen LogP contribution in [0.3, 0.4) is 0 Å².